The van der Waals surface area contributed by atoms with Crippen LogP contribution in [0.3, 0.4) is 0 Å². The molecule has 0 aliphatic heterocycles. The summed E-state index contributed by atoms with van der Waals surface area (Å²) >= 11 is 0. The van der Waals surface area contributed by atoms with Crippen molar-refractivity contribution in [2.45, 2.75) is 6.92 Å². The number of carbonyl (C=O) groups excluding carboxylic acids is 1. The monoisotopic (exact) mass is 111 g/mol. The van der Waals surface area contributed by atoms with Crippen LogP contribution < -0.4 is 0 Å². The molecule has 0 aromatic heterocycles. The molecule has 0 N–H and O–H groups in total. The molecule has 0 aliphatic carbocycles. The highest BCUT2D eigenvalue weighted by Crippen LogP contribution is 1.75. The van der Waals surface area contributed by atoms with Crippen LogP contribution in [0, 0.1) is 11.3 Å². The van der Waals surface area contributed by atoms with E-state index in [0.29, 0.717) is 0 Å². The van der Waals surface area contributed by atoms with E-state index in [1.807, 2.05) is 0 Å². The van der Waals surface area contributed by atoms with Gasteiger partial charge >= 0.3 is 5.97 Å². The minimum Gasteiger partial charge on any atom is -0.434 e. The molecule has 0 rings (SSSR count). The topological polar surface area (TPSA) is 50.1 Å². The van der Waals surface area contributed by atoms with Gasteiger partial charge in [0.25, 0.3) is 0 Å². The Kier molecular flexibility index (Phi) is 3.25. The van der Waals surface area contributed by atoms with Gasteiger partial charge in [0.1, 0.15) is 6.26 Å². The largest absolute Gasteiger partial charge is 0.434 e. The maximum absolute atomic E-state index is 9.94. The smallest absolute Gasteiger partial charge is 0.307 e. The lowest BCUT2D eigenvalue weighted by Crippen LogP contribution is -1.88. The van der Waals surface area contributed by atoms with E-state index in [4.69, 9.17) is 5.26 Å². The average molecular weight is 111 g/mol. The van der Waals surface area contributed by atoms with Crippen LogP contribution in [0.4, 0.5) is 0 Å². The molecule has 0 heterocycles. The van der Waals surface area contributed by atoms with E-state index in [-0.39, 0.29) is 0 Å². The van der Waals surface area contributed by atoms with Crippen LogP contribution >= 0.6 is 0 Å². The van der Waals surface area contributed by atoms with Crippen LogP contribution in [0.25, 0.3) is 0 Å². The van der Waals surface area contributed by atoms with E-state index in [0.717, 1.165) is 12.3 Å². The van der Waals surface area contributed by atoms with E-state index >= 15 is 0 Å². The highest BCUT2D eigenvalue weighted by atomic mass is 16.5. The highest BCUT2D eigenvalue weighted by molar-refractivity contribution is 5.66. The number of nitriles is 1. The van der Waals surface area contributed by atoms with Gasteiger partial charge in [0, 0.05) is 6.92 Å². The number of rotatable bonds is 1. The first-order valence-electron chi connectivity index (χ1n) is 1.99. The van der Waals surface area contributed by atoms with Crippen molar-refractivity contribution in [1.82, 2.24) is 0 Å². The first-order valence-corrected chi connectivity index (χ1v) is 1.99. The van der Waals surface area contributed by atoms with Crippen molar-refractivity contribution in [1.29, 1.82) is 5.26 Å². The Labute approximate surface area is 47.2 Å². The molecule has 0 saturated carbocycles. The quantitative estimate of drug-likeness (QED) is 0.282. The lowest BCUT2D eigenvalue weighted by molar-refractivity contribution is -0.135. The molecule has 3 heteroatoms. The predicted molar refractivity (Wildman–Crippen MR) is 26.5 cm³/mol. The molecule has 0 aromatic rings. The Balaban J connectivity index is 3.34. The molecule has 0 aliphatic rings. The molecule has 0 saturated heterocycles. The molecule has 42 valence electrons. The standard InChI is InChI=1S/C5H5NO2/c1-5(7)8-4-2-3-6/h2,4H,1H3. The van der Waals surface area contributed by atoms with E-state index < -0.39 is 5.97 Å². The van der Waals surface area contributed by atoms with Crippen LogP contribution in [0.15, 0.2) is 12.3 Å². The summed E-state index contributed by atoms with van der Waals surface area (Å²) in [5, 5.41) is 7.85. The first-order chi connectivity index (χ1) is 3.77. The third kappa shape index (κ3) is 4.70. The third-order valence-corrected chi connectivity index (χ3v) is 0.377. The molecule has 8 heavy (non-hydrogen) atoms. The van der Waals surface area contributed by atoms with E-state index in [2.05, 4.69) is 4.74 Å². The average Bonchev–Trinajstić information content (AvgIpc) is 1.66. The molecule has 0 radical (unpaired) electrons. The first kappa shape index (κ1) is 6.70. The molecule has 0 fully saturated rings. The summed E-state index contributed by atoms with van der Waals surface area (Å²) in [4.78, 5) is 9.94. The van der Waals surface area contributed by atoms with Crippen molar-refractivity contribution in [3.05, 3.63) is 12.3 Å². The molecule has 0 bridgehead atoms. The van der Waals surface area contributed by atoms with Crippen molar-refractivity contribution in [2.75, 3.05) is 0 Å². The van der Waals surface area contributed by atoms with Gasteiger partial charge in [-0.2, -0.15) is 5.26 Å². The SMILES string of the molecule is CC(=O)OC=CC#N. The zero-order valence-corrected chi connectivity index (χ0v) is 4.42. The Hall–Kier alpha value is -1.30. The van der Waals surface area contributed by atoms with Gasteiger partial charge in [-0.3, -0.25) is 4.79 Å². The number of allylic oxidation sites excluding steroid dienone is 1. The second-order valence-corrected chi connectivity index (χ2v) is 1.04. The van der Waals surface area contributed by atoms with Gasteiger partial charge in [-0.05, 0) is 0 Å². The number of hydrogen-bond acceptors (Lipinski definition) is 3. The van der Waals surface area contributed by atoms with Gasteiger partial charge in [0.05, 0.1) is 12.1 Å². The highest BCUT2D eigenvalue weighted by Gasteiger charge is 1.81. The lowest BCUT2D eigenvalue weighted by atomic mass is 10.7. The lowest BCUT2D eigenvalue weighted by Gasteiger charge is -1.84. The summed E-state index contributed by atoms with van der Waals surface area (Å²) in [6, 6.07) is 1.67. The summed E-state index contributed by atoms with van der Waals surface area (Å²) in [6.45, 7) is 1.27. The van der Waals surface area contributed by atoms with Gasteiger partial charge in [-0.15, -0.1) is 0 Å². The molecule has 0 unspecified atom stereocenters. The molecule has 0 amide bonds. The summed E-state index contributed by atoms with van der Waals surface area (Å²) in [5.41, 5.74) is 0. The van der Waals surface area contributed by atoms with Crippen molar-refractivity contribution in [3.8, 4) is 6.07 Å². The molecule has 0 spiro atoms. The number of nitrogens with zero attached hydrogens (tertiary/aromatic N) is 1. The van der Waals surface area contributed by atoms with Crippen LogP contribution in [-0.4, -0.2) is 5.97 Å². The second kappa shape index (κ2) is 3.88. The Morgan fingerprint density at radius 3 is 2.88 bits per heavy atom. The van der Waals surface area contributed by atoms with E-state index in [1.165, 1.54) is 6.92 Å². The molecular weight excluding hydrogens is 106 g/mol. The molecule has 0 atom stereocenters. The van der Waals surface area contributed by atoms with Gasteiger partial charge in [-0.1, -0.05) is 0 Å². The van der Waals surface area contributed by atoms with Crippen LogP contribution in [0.2, 0.25) is 0 Å². The zero-order valence-electron chi connectivity index (χ0n) is 4.42. The third-order valence-electron chi connectivity index (χ3n) is 0.377. The zero-order chi connectivity index (χ0) is 6.41. The fraction of sp³-hybridized carbons (Fsp3) is 0.200. The number of esters is 1. The number of hydrogen-bond donors (Lipinski definition) is 0. The van der Waals surface area contributed by atoms with Crippen LogP contribution in [0.1, 0.15) is 6.92 Å². The van der Waals surface area contributed by atoms with E-state index in [9.17, 15) is 4.79 Å². The summed E-state index contributed by atoms with van der Waals surface area (Å²) < 4.78 is 4.24. The Bertz CT molecular complexity index is 143. The summed E-state index contributed by atoms with van der Waals surface area (Å²) in [6.07, 6.45) is 2.13. The van der Waals surface area contributed by atoms with Gasteiger partial charge in [0.2, 0.25) is 0 Å². The number of ether oxygens (including phenoxy) is 1. The fourth-order valence-electron chi connectivity index (χ4n) is 0.160. The molecule has 0 aromatic carbocycles. The van der Waals surface area contributed by atoms with Crippen LogP contribution in [-0.2, 0) is 9.53 Å². The Morgan fingerprint density at radius 1 is 1.88 bits per heavy atom. The minimum absolute atomic E-state index is 0.420. The number of carbonyl (C=O) groups is 1. The summed E-state index contributed by atoms with van der Waals surface area (Å²) in [7, 11) is 0. The van der Waals surface area contributed by atoms with Gasteiger partial charge in [0.15, 0.2) is 0 Å². The minimum atomic E-state index is -0.420. The van der Waals surface area contributed by atoms with Gasteiger partial charge < -0.3 is 4.74 Å². The van der Waals surface area contributed by atoms with Crippen molar-refractivity contribution in [3.63, 3.8) is 0 Å². The maximum atomic E-state index is 9.94. The normalized spacial score (nSPS) is 8.50. The van der Waals surface area contributed by atoms with Crippen molar-refractivity contribution in [2.24, 2.45) is 0 Å². The Morgan fingerprint density at radius 2 is 2.50 bits per heavy atom. The fourth-order valence-corrected chi connectivity index (χ4v) is 0.160. The maximum Gasteiger partial charge on any atom is 0.307 e. The summed E-state index contributed by atoms with van der Waals surface area (Å²) in [5.74, 6) is -0.420. The van der Waals surface area contributed by atoms with Crippen molar-refractivity contribution >= 4 is 5.97 Å². The second-order valence-electron chi connectivity index (χ2n) is 1.04. The van der Waals surface area contributed by atoms with Crippen molar-refractivity contribution < 1.29 is 9.53 Å². The van der Waals surface area contributed by atoms with E-state index in [1.54, 1.807) is 6.07 Å². The van der Waals surface area contributed by atoms with Gasteiger partial charge in [-0.25, -0.2) is 0 Å². The molecule has 3 nitrogen and oxygen atoms in total. The van der Waals surface area contributed by atoms with Crippen LogP contribution in [0.5, 0.6) is 0 Å². The predicted octanol–water partition coefficient (Wildman–Crippen LogP) is 0.587. The molecular formula is C5H5NO2.